The number of hydrogen-bond acceptors (Lipinski definition) is 0. The molecule has 1 atom stereocenters. The lowest BCUT2D eigenvalue weighted by Crippen LogP contribution is -1.92. The van der Waals surface area contributed by atoms with Crippen molar-refractivity contribution in [2.75, 3.05) is 0 Å². The van der Waals surface area contributed by atoms with Gasteiger partial charge in [0.1, 0.15) is 0 Å². The predicted molar refractivity (Wildman–Crippen MR) is 105 cm³/mol. The first-order valence-corrected chi connectivity index (χ1v) is 8.42. The largest absolute Gasteiger partial charge is 0.0840 e. The summed E-state index contributed by atoms with van der Waals surface area (Å²) >= 11 is 6.56. The smallest absolute Gasteiger partial charge is 0.0447 e. The van der Waals surface area contributed by atoms with Gasteiger partial charge >= 0.3 is 0 Å². The van der Waals surface area contributed by atoms with E-state index in [0.717, 1.165) is 10.6 Å². The van der Waals surface area contributed by atoms with E-state index < -0.39 is 0 Å². The second kappa shape index (κ2) is 8.33. The Bertz CT molecular complexity index is 802. The number of halogens is 1. The molecule has 0 N–H and O–H groups in total. The molecule has 0 saturated heterocycles. The molecule has 118 valence electrons. The molecule has 1 unspecified atom stereocenters. The Kier molecular flexibility index (Phi) is 5.65. The summed E-state index contributed by atoms with van der Waals surface area (Å²) in [6.45, 7) is 0. The number of hydrogen-bond donors (Lipinski definition) is 0. The highest BCUT2D eigenvalue weighted by Crippen LogP contribution is 2.27. The van der Waals surface area contributed by atoms with Gasteiger partial charge in [0.2, 0.25) is 0 Å². The van der Waals surface area contributed by atoms with Crippen LogP contribution < -0.4 is 0 Å². The van der Waals surface area contributed by atoms with Gasteiger partial charge in [0.25, 0.3) is 0 Å². The normalized spacial score (nSPS) is 13.1. The molecule has 0 aliphatic heterocycles. The van der Waals surface area contributed by atoms with Crippen molar-refractivity contribution in [2.24, 2.45) is 0 Å². The van der Waals surface area contributed by atoms with E-state index in [1.165, 1.54) is 11.1 Å². The van der Waals surface area contributed by atoms with E-state index in [-0.39, 0.29) is 5.92 Å². The Hall–Kier alpha value is -2.57. The Balaban J connectivity index is 1.92. The maximum absolute atomic E-state index is 6.56. The second-order valence-electron chi connectivity index (χ2n) is 5.59. The Morgan fingerprint density at radius 3 is 1.88 bits per heavy atom. The van der Waals surface area contributed by atoms with Crippen molar-refractivity contribution in [3.8, 4) is 0 Å². The van der Waals surface area contributed by atoms with E-state index in [9.17, 15) is 0 Å². The van der Waals surface area contributed by atoms with E-state index in [2.05, 4.69) is 54.6 Å². The molecule has 0 amide bonds. The van der Waals surface area contributed by atoms with Crippen molar-refractivity contribution in [3.63, 3.8) is 0 Å². The highest BCUT2D eigenvalue weighted by Gasteiger charge is 2.07. The molecule has 0 spiro atoms. The van der Waals surface area contributed by atoms with Crippen molar-refractivity contribution >= 4 is 22.7 Å². The Labute approximate surface area is 148 Å². The standard InChI is InChI=1S/C23H19Cl/c24-23(21-14-8-3-9-15-21)18-22(20-12-6-2-7-13-20)17-16-19-10-4-1-5-11-19/h1-18,22H/b17-16+,23-18-. The highest BCUT2D eigenvalue weighted by atomic mass is 35.5. The molecule has 0 fully saturated rings. The Morgan fingerprint density at radius 1 is 0.708 bits per heavy atom. The molecule has 0 aromatic heterocycles. The SMILES string of the molecule is Cl/C(=C\C(/C=C/c1ccccc1)c1ccccc1)c1ccccc1. The third-order valence-electron chi connectivity index (χ3n) is 3.86. The minimum Gasteiger partial charge on any atom is -0.0840 e. The molecule has 1 heteroatoms. The lowest BCUT2D eigenvalue weighted by molar-refractivity contribution is 1.09. The van der Waals surface area contributed by atoms with E-state index in [0.29, 0.717) is 0 Å². The van der Waals surface area contributed by atoms with Crippen LogP contribution in [0, 0.1) is 0 Å². The first-order chi connectivity index (χ1) is 11.8. The summed E-state index contributed by atoms with van der Waals surface area (Å²) in [6.07, 6.45) is 6.44. The molecule has 3 rings (SSSR count). The molecule has 24 heavy (non-hydrogen) atoms. The molecule has 0 nitrogen and oxygen atoms in total. The molecule has 3 aromatic rings. The molecule has 0 aliphatic carbocycles. The van der Waals surface area contributed by atoms with Crippen molar-refractivity contribution in [2.45, 2.75) is 5.92 Å². The van der Waals surface area contributed by atoms with Crippen LogP contribution in [-0.2, 0) is 0 Å². The van der Waals surface area contributed by atoms with Gasteiger partial charge in [-0.3, -0.25) is 0 Å². The van der Waals surface area contributed by atoms with E-state index in [4.69, 9.17) is 11.6 Å². The summed E-state index contributed by atoms with van der Waals surface area (Å²) in [5, 5.41) is 0.766. The van der Waals surface area contributed by atoms with Gasteiger partial charge in [0.15, 0.2) is 0 Å². The predicted octanol–water partition coefficient (Wildman–Crippen LogP) is 6.76. The van der Waals surface area contributed by atoms with Gasteiger partial charge in [0.05, 0.1) is 0 Å². The molecular weight excluding hydrogens is 312 g/mol. The lowest BCUT2D eigenvalue weighted by Gasteiger charge is -2.10. The maximum atomic E-state index is 6.56. The summed E-state index contributed by atoms with van der Waals surface area (Å²) < 4.78 is 0. The first-order valence-electron chi connectivity index (χ1n) is 8.04. The fraction of sp³-hybridized carbons (Fsp3) is 0.0435. The van der Waals surface area contributed by atoms with Gasteiger partial charge in [0, 0.05) is 11.0 Å². The van der Waals surface area contributed by atoms with Gasteiger partial charge in [-0.1, -0.05) is 121 Å². The highest BCUT2D eigenvalue weighted by molar-refractivity contribution is 6.48. The average molecular weight is 331 g/mol. The Morgan fingerprint density at radius 2 is 1.25 bits per heavy atom. The maximum Gasteiger partial charge on any atom is 0.0447 e. The molecule has 0 radical (unpaired) electrons. The van der Waals surface area contributed by atoms with E-state index >= 15 is 0 Å². The van der Waals surface area contributed by atoms with Crippen molar-refractivity contribution in [3.05, 3.63) is 120 Å². The molecule has 0 aliphatic rings. The van der Waals surface area contributed by atoms with Gasteiger partial charge in [-0.2, -0.15) is 0 Å². The van der Waals surface area contributed by atoms with Crippen LogP contribution in [0.2, 0.25) is 0 Å². The monoisotopic (exact) mass is 330 g/mol. The topological polar surface area (TPSA) is 0 Å². The summed E-state index contributed by atoms with van der Waals surface area (Å²) in [5.74, 6) is 0.124. The number of benzene rings is 3. The minimum absolute atomic E-state index is 0.124. The zero-order valence-corrected chi connectivity index (χ0v) is 14.1. The van der Waals surface area contributed by atoms with Gasteiger partial charge in [-0.25, -0.2) is 0 Å². The van der Waals surface area contributed by atoms with Gasteiger partial charge < -0.3 is 0 Å². The number of rotatable bonds is 5. The van der Waals surface area contributed by atoms with Crippen molar-refractivity contribution in [1.82, 2.24) is 0 Å². The van der Waals surface area contributed by atoms with Crippen LogP contribution in [0.15, 0.2) is 103 Å². The van der Waals surface area contributed by atoms with E-state index in [1.54, 1.807) is 0 Å². The summed E-state index contributed by atoms with van der Waals surface area (Å²) in [4.78, 5) is 0. The molecule has 0 bridgehead atoms. The van der Waals surface area contributed by atoms with Crippen LogP contribution in [-0.4, -0.2) is 0 Å². The fourth-order valence-electron chi connectivity index (χ4n) is 2.57. The third-order valence-corrected chi connectivity index (χ3v) is 4.20. The zero-order valence-electron chi connectivity index (χ0n) is 13.3. The van der Waals surface area contributed by atoms with Crippen LogP contribution in [0.4, 0.5) is 0 Å². The molecule has 0 heterocycles. The molecule has 0 saturated carbocycles. The van der Waals surface area contributed by atoms with Crippen molar-refractivity contribution < 1.29 is 0 Å². The first kappa shape index (κ1) is 16.3. The molecule has 3 aromatic carbocycles. The summed E-state index contributed by atoms with van der Waals surface area (Å²) in [6, 6.07) is 30.8. The fourth-order valence-corrected chi connectivity index (χ4v) is 2.83. The summed E-state index contributed by atoms with van der Waals surface area (Å²) in [7, 11) is 0. The number of allylic oxidation sites excluding steroid dienone is 2. The minimum atomic E-state index is 0.124. The van der Waals surface area contributed by atoms with Crippen LogP contribution in [0.25, 0.3) is 11.1 Å². The van der Waals surface area contributed by atoms with Crippen LogP contribution in [0.5, 0.6) is 0 Å². The van der Waals surface area contributed by atoms with E-state index in [1.807, 2.05) is 54.6 Å². The van der Waals surface area contributed by atoms with Gasteiger partial charge in [-0.15, -0.1) is 0 Å². The molecular formula is C23H19Cl. The van der Waals surface area contributed by atoms with Crippen LogP contribution in [0.1, 0.15) is 22.6 Å². The van der Waals surface area contributed by atoms with Crippen LogP contribution in [0.3, 0.4) is 0 Å². The second-order valence-corrected chi connectivity index (χ2v) is 5.99. The van der Waals surface area contributed by atoms with Gasteiger partial charge in [-0.05, 0) is 16.7 Å². The summed E-state index contributed by atoms with van der Waals surface area (Å²) in [5.41, 5.74) is 3.44. The third kappa shape index (κ3) is 4.47. The van der Waals surface area contributed by atoms with Crippen LogP contribution >= 0.6 is 11.6 Å². The lowest BCUT2D eigenvalue weighted by atomic mass is 9.96. The average Bonchev–Trinajstić information content (AvgIpc) is 2.67. The van der Waals surface area contributed by atoms with Crippen molar-refractivity contribution in [1.29, 1.82) is 0 Å². The quantitative estimate of drug-likeness (QED) is 0.484. The zero-order chi connectivity index (χ0) is 16.6.